The van der Waals surface area contributed by atoms with Crippen LogP contribution in [0.5, 0.6) is 0 Å². The van der Waals surface area contributed by atoms with E-state index in [1.807, 2.05) is 0 Å². The highest BCUT2D eigenvalue weighted by Crippen LogP contribution is 2.09. The maximum Gasteiger partial charge on any atom is 0.323 e. The Bertz CT molecular complexity index is 333. The fraction of sp³-hybridized carbons (Fsp3) is 0.667. The molecule has 8 nitrogen and oxygen atoms in total. The molecule has 1 rings (SSSR count). The number of carbonyl (C=O) groups is 3. The second-order valence-electron chi connectivity index (χ2n) is 3.72. The van der Waals surface area contributed by atoms with Crippen molar-refractivity contribution in [2.75, 3.05) is 33.4 Å². The Hall–Kier alpha value is -1.83. The summed E-state index contributed by atoms with van der Waals surface area (Å²) in [6, 6.07) is -1.38. The molecule has 1 atom stereocenters. The molecule has 0 aromatic carbocycles. The molecule has 0 aliphatic carbocycles. The molecule has 17 heavy (non-hydrogen) atoms. The van der Waals surface area contributed by atoms with Crippen molar-refractivity contribution in [3.8, 4) is 0 Å². The molecule has 1 saturated heterocycles. The van der Waals surface area contributed by atoms with Gasteiger partial charge in [-0.3, -0.25) is 9.59 Å². The van der Waals surface area contributed by atoms with Gasteiger partial charge in [-0.25, -0.2) is 4.79 Å². The molecule has 96 valence electrons. The van der Waals surface area contributed by atoms with Gasteiger partial charge in [0, 0.05) is 13.6 Å². The standard InChI is InChI=1S/C9H15N3O5/c1-11(4-7(13)14)9(16)12-2-3-17-5-6(12)8(10)15/h6H,2-5H2,1H3,(H2,10,15)(H,13,14). The molecule has 1 fully saturated rings. The quantitative estimate of drug-likeness (QED) is 0.615. The van der Waals surface area contributed by atoms with Crippen molar-refractivity contribution in [2.24, 2.45) is 5.73 Å². The highest BCUT2D eigenvalue weighted by molar-refractivity contribution is 5.87. The lowest BCUT2D eigenvalue weighted by atomic mass is 10.2. The third-order valence-corrected chi connectivity index (χ3v) is 2.40. The Morgan fingerprint density at radius 2 is 2.18 bits per heavy atom. The van der Waals surface area contributed by atoms with E-state index in [9.17, 15) is 14.4 Å². The third-order valence-electron chi connectivity index (χ3n) is 2.40. The second-order valence-corrected chi connectivity index (χ2v) is 3.72. The Morgan fingerprint density at radius 3 is 2.71 bits per heavy atom. The number of hydrogen-bond donors (Lipinski definition) is 2. The summed E-state index contributed by atoms with van der Waals surface area (Å²) in [5.41, 5.74) is 5.15. The van der Waals surface area contributed by atoms with Crippen LogP contribution in [0.3, 0.4) is 0 Å². The van der Waals surface area contributed by atoms with E-state index in [0.717, 1.165) is 4.90 Å². The number of aliphatic carboxylic acids is 1. The molecule has 3 N–H and O–H groups in total. The number of carboxylic acids is 1. The van der Waals surface area contributed by atoms with Gasteiger partial charge < -0.3 is 25.4 Å². The van der Waals surface area contributed by atoms with Crippen LogP contribution in [0.4, 0.5) is 4.79 Å². The van der Waals surface area contributed by atoms with Gasteiger partial charge in [-0.05, 0) is 0 Å². The summed E-state index contributed by atoms with van der Waals surface area (Å²) in [5, 5.41) is 8.58. The smallest absolute Gasteiger partial charge is 0.323 e. The average Bonchev–Trinajstić information content (AvgIpc) is 2.27. The summed E-state index contributed by atoms with van der Waals surface area (Å²) >= 11 is 0. The van der Waals surface area contributed by atoms with Crippen LogP contribution in [0, 0.1) is 0 Å². The van der Waals surface area contributed by atoms with E-state index < -0.39 is 30.5 Å². The lowest BCUT2D eigenvalue weighted by molar-refractivity contribution is -0.137. The zero-order valence-electron chi connectivity index (χ0n) is 9.46. The van der Waals surface area contributed by atoms with Crippen molar-refractivity contribution in [3.63, 3.8) is 0 Å². The number of ether oxygens (including phenoxy) is 1. The lowest BCUT2D eigenvalue weighted by Crippen LogP contribution is -2.58. The minimum atomic E-state index is -1.12. The van der Waals surface area contributed by atoms with Crippen LogP contribution in [0.25, 0.3) is 0 Å². The van der Waals surface area contributed by atoms with Crippen LogP contribution in [0.2, 0.25) is 0 Å². The van der Waals surface area contributed by atoms with Crippen molar-refractivity contribution in [2.45, 2.75) is 6.04 Å². The third kappa shape index (κ3) is 3.31. The lowest BCUT2D eigenvalue weighted by Gasteiger charge is -2.35. The zero-order valence-corrected chi connectivity index (χ0v) is 9.46. The van der Waals surface area contributed by atoms with Gasteiger partial charge in [0.15, 0.2) is 0 Å². The van der Waals surface area contributed by atoms with Crippen LogP contribution >= 0.6 is 0 Å². The summed E-state index contributed by atoms with van der Waals surface area (Å²) in [4.78, 5) is 35.7. The number of primary amides is 1. The molecule has 0 aromatic rings. The predicted molar refractivity (Wildman–Crippen MR) is 56.2 cm³/mol. The maximum atomic E-state index is 11.9. The van der Waals surface area contributed by atoms with E-state index in [4.69, 9.17) is 15.6 Å². The summed E-state index contributed by atoms with van der Waals surface area (Å²) in [6.07, 6.45) is 0. The SMILES string of the molecule is CN(CC(=O)O)C(=O)N1CCOCC1C(N)=O. The number of nitrogens with two attached hydrogens (primary N) is 1. The van der Waals surface area contributed by atoms with Crippen molar-refractivity contribution in [1.29, 1.82) is 0 Å². The molecule has 1 aliphatic heterocycles. The topological polar surface area (TPSA) is 113 Å². The molecular formula is C9H15N3O5. The molecule has 1 unspecified atom stereocenters. The molecule has 8 heteroatoms. The zero-order chi connectivity index (χ0) is 13.0. The number of morpholine rings is 1. The maximum absolute atomic E-state index is 11.9. The summed E-state index contributed by atoms with van der Waals surface area (Å²) in [5.74, 6) is -1.79. The largest absolute Gasteiger partial charge is 0.480 e. The average molecular weight is 245 g/mol. The second kappa shape index (κ2) is 5.48. The van der Waals surface area contributed by atoms with Gasteiger partial charge in [0.2, 0.25) is 5.91 Å². The number of carboxylic acid groups (broad SMARTS) is 1. The van der Waals surface area contributed by atoms with Gasteiger partial charge >= 0.3 is 12.0 Å². The molecular weight excluding hydrogens is 230 g/mol. The monoisotopic (exact) mass is 245 g/mol. The fourth-order valence-corrected chi connectivity index (χ4v) is 1.56. The van der Waals surface area contributed by atoms with E-state index in [1.54, 1.807) is 0 Å². The van der Waals surface area contributed by atoms with Gasteiger partial charge in [-0.2, -0.15) is 0 Å². The summed E-state index contributed by atoms with van der Waals surface area (Å²) < 4.78 is 5.06. The highest BCUT2D eigenvalue weighted by Gasteiger charge is 2.33. The van der Waals surface area contributed by atoms with Crippen LogP contribution in [0.1, 0.15) is 0 Å². The first-order chi connectivity index (χ1) is 7.93. The van der Waals surface area contributed by atoms with Gasteiger partial charge in [-0.15, -0.1) is 0 Å². The molecule has 1 aliphatic rings. The normalized spacial score (nSPS) is 19.8. The molecule has 0 radical (unpaired) electrons. The van der Waals surface area contributed by atoms with Gasteiger partial charge in [0.1, 0.15) is 12.6 Å². The molecule has 3 amide bonds. The van der Waals surface area contributed by atoms with Crippen LogP contribution in [0.15, 0.2) is 0 Å². The first kappa shape index (κ1) is 13.2. The molecule has 0 aromatic heterocycles. The van der Waals surface area contributed by atoms with Crippen molar-refractivity contribution >= 4 is 17.9 Å². The Kier molecular flexibility index (Phi) is 4.27. The van der Waals surface area contributed by atoms with E-state index in [-0.39, 0.29) is 13.2 Å². The Labute approximate surface area is 97.9 Å². The van der Waals surface area contributed by atoms with Gasteiger partial charge in [-0.1, -0.05) is 0 Å². The van der Waals surface area contributed by atoms with E-state index in [1.165, 1.54) is 11.9 Å². The van der Waals surface area contributed by atoms with Crippen LogP contribution in [-0.4, -0.2) is 72.2 Å². The molecule has 0 saturated carbocycles. The summed E-state index contributed by atoms with van der Waals surface area (Å²) in [6.45, 7) is 0.135. The van der Waals surface area contributed by atoms with E-state index >= 15 is 0 Å². The van der Waals surface area contributed by atoms with Crippen LogP contribution in [-0.2, 0) is 14.3 Å². The predicted octanol–water partition coefficient (Wildman–Crippen LogP) is -1.69. The number of carbonyl (C=O) groups excluding carboxylic acids is 2. The molecule has 0 bridgehead atoms. The van der Waals surface area contributed by atoms with E-state index in [2.05, 4.69) is 0 Å². The number of nitrogens with zero attached hydrogens (tertiary/aromatic N) is 2. The highest BCUT2D eigenvalue weighted by atomic mass is 16.5. The van der Waals surface area contributed by atoms with Crippen LogP contribution < -0.4 is 5.73 Å². The number of amides is 3. The Morgan fingerprint density at radius 1 is 1.53 bits per heavy atom. The minimum Gasteiger partial charge on any atom is -0.480 e. The number of hydrogen-bond acceptors (Lipinski definition) is 4. The van der Waals surface area contributed by atoms with Crippen molar-refractivity contribution in [3.05, 3.63) is 0 Å². The van der Waals surface area contributed by atoms with Gasteiger partial charge in [0.05, 0.1) is 13.2 Å². The number of urea groups is 1. The van der Waals surface area contributed by atoms with E-state index in [0.29, 0.717) is 6.61 Å². The first-order valence-electron chi connectivity index (χ1n) is 5.04. The first-order valence-corrected chi connectivity index (χ1v) is 5.04. The number of likely N-dealkylation sites (N-methyl/N-ethyl adjacent to an activating group) is 1. The molecule has 1 heterocycles. The Balaban J connectivity index is 2.70. The number of rotatable bonds is 3. The van der Waals surface area contributed by atoms with Crippen molar-refractivity contribution in [1.82, 2.24) is 9.80 Å². The fourth-order valence-electron chi connectivity index (χ4n) is 1.56. The molecule has 0 spiro atoms. The minimum absolute atomic E-state index is 0.0436. The summed E-state index contributed by atoms with van der Waals surface area (Å²) in [7, 11) is 1.35. The van der Waals surface area contributed by atoms with Gasteiger partial charge in [0.25, 0.3) is 0 Å². The van der Waals surface area contributed by atoms with Crippen molar-refractivity contribution < 1.29 is 24.2 Å².